The van der Waals surface area contributed by atoms with Crippen LogP contribution in [0.3, 0.4) is 0 Å². The summed E-state index contributed by atoms with van der Waals surface area (Å²) in [6.45, 7) is 10.6. The quantitative estimate of drug-likeness (QED) is 0.644. The Morgan fingerprint density at radius 3 is 2.37 bits per heavy atom. The number of imide groups is 1. The Kier molecular flexibility index (Phi) is 6.98. The third kappa shape index (κ3) is 4.60. The van der Waals surface area contributed by atoms with Gasteiger partial charge in [-0.2, -0.15) is 0 Å². The van der Waals surface area contributed by atoms with Crippen LogP contribution in [0.15, 0.2) is 23.9 Å². The molecular weight excluding hydrogens is 378 g/mol. The number of benzene rings is 1. The predicted molar refractivity (Wildman–Crippen MR) is 119 cm³/mol. The molecule has 1 aromatic carbocycles. The molecule has 0 N–H and O–H groups in total. The monoisotopic (exact) mass is 413 g/mol. The Labute approximate surface area is 180 Å². The summed E-state index contributed by atoms with van der Waals surface area (Å²) < 4.78 is 5.62. The third-order valence-electron chi connectivity index (χ3n) is 6.29. The molecule has 1 saturated heterocycles. The molecule has 2 heterocycles. The van der Waals surface area contributed by atoms with Gasteiger partial charge in [0.05, 0.1) is 24.8 Å². The van der Waals surface area contributed by atoms with Gasteiger partial charge in [-0.05, 0) is 77.4 Å². The first-order valence-corrected chi connectivity index (χ1v) is 10.9. The van der Waals surface area contributed by atoms with Gasteiger partial charge in [0.15, 0.2) is 0 Å². The third-order valence-corrected chi connectivity index (χ3v) is 6.29. The largest absolute Gasteiger partial charge is 0.377 e. The molecule has 2 amide bonds. The van der Waals surface area contributed by atoms with E-state index in [0.717, 1.165) is 37.1 Å². The number of carbonyl (C=O) groups excluding carboxylic acids is 2. The van der Waals surface area contributed by atoms with E-state index in [4.69, 9.17) is 4.74 Å². The number of hydrogen-bond acceptors (Lipinski definition) is 5. The Morgan fingerprint density at radius 1 is 1.10 bits per heavy atom. The lowest BCUT2D eigenvalue weighted by molar-refractivity contribution is -0.138. The predicted octanol–water partition coefficient (Wildman–Crippen LogP) is 2.83. The molecule has 0 unspecified atom stereocenters. The number of nitrogens with zero attached hydrogens (tertiary/aromatic N) is 3. The van der Waals surface area contributed by atoms with E-state index in [-0.39, 0.29) is 30.5 Å². The maximum absolute atomic E-state index is 13.4. The van der Waals surface area contributed by atoms with Crippen LogP contribution in [0.2, 0.25) is 0 Å². The average molecular weight is 414 g/mol. The van der Waals surface area contributed by atoms with Crippen molar-refractivity contribution in [3.8, 4) is 0 Å². The molecule has 2 aliphatic rings. The lowest BCUT2D eigenvalue weighted by Crippen LogP contribution is -2.44. The van der Waals surface area contributed by atoms with Crippen molar-refractivity contribution in [3.05, 3.63) is 40.6 Å². The van der Waals surface area contributed by atoms with E-state index >= 15 is 0 Å². The van der Waals surface area contributed by atoms with Gasteiger partial charge in [-0.15, -0.1) is 0 Å². The number of ether oxygens (including phenoxy) is 1. The van der Waals surface area contributed by atoms with E-state index in [1.807, 2.05) is 46.0 Å². The lowest BCUT2D eigenvalue weighted by Gasteiger charge is -2.36. The molecular formula is C24H35N3O3. The van der Waals surface area contributed by atoms with E-state index < -0.39 is 0 Å². The van der Waals surface area contributed by atoms with Gasteiger partial charge in [0, 0.05) is 13.1 Å². The van der Waals surface area contributed by atoms with Crippen molar-refractivity contribution in [2.45, 2.75) is 52.7 Å². The molecule has 164 valence electrons. The van der Waals surface area contributed by atoms with Crippen LogP contribution in [0.4, 0.5) is 0 Å². The highest BCUT2D eigenvalue weighted by Crippen LogP contribution is 2.34. The highest BCUT2D eigenvalue weighted by atomic mass is 16.5. The zero-order valence-electron chi connectivity index (χ0n) is 19.2. The first-order chi connectivity index (χ1) is 14.2. The van der Waals surface area contributed by atoms with Crippen LogP contribution in [0.5, 0.6) is 0 Å². The number of likely N-dealkylation sites (N-methyl/N-ethyl adjacent to an activating group) is 1. The molecule has 30 heavy (non-hydrogen) atoms. The fourth-order valence-corrected chi connectivity index (χ4v) is 4.20. The van der Waals surface area contributed by atoms with Gasteiger partial charge in [-0.1, -0.05) is 18.2 Å². The SMILES string of the molecule is Cc1ccc(C2=C(N(C)C3CCN(C)CC3)C(=O)N(CCOC(C)C)C2=O)cc1C. The van der Waals surface area contributed by atoms with Crippen LogP contribution in [-0.2, 0) is 14.3 Å². The summed E-state index contributed by atoms with van der Waals surface area (Å²) in [6, 6.07) is 6.25. The molecule has 0 spiro atoms. The fraction of sp³-hybridized carbons (Fsp3) is 0.583. The summed E-state index contributed by atoms with van der Waals surface area (Å²) >= 11 is 0. The summed E-state index contributed by atoms with van der Waals surface area (Å²) in [4.78, 5) is 32.5. The minimum absolute atomic E-state index is 0.0614. The standard InChI is InChI=1S/C24H35N3O3/c1-16(2)30-14-13-27-23(28)21(19-8-7-17(3)18(4)15-19)22(24(27)29)26(6)20-9-11-25(5)12-10-20/h7-8,15-16,20H,9-14H2,1-6H3. The van der Waals surface area contributed by atoms with Crippen LogP contribution in [0.25, 0.3) is 5.57 Å². The number of carbonyl (C=O) groups is 2. The van der Waals surface area contributed by atoms with Crippen molar-refractivity contribution < 1.29 is 14.3 Å². The van der Waals surface area contributed by atoms with Gasteiger partial charge in [0.25, 0.3) is 11.8 Å². The zero-order valence-corrected chi connectivity index (χ0v) is 19.2. The van der Waals surface area contributed by atoms with Gasteiger partial charge in [0.1, 0.15) is 5.70 Å². The first-order valence-electron chi connectivity index (χ1n) is 10.9. The molecule has 0 saturated carbocycles. The van der Waals surface area contributed by atoms with Crippen LogP contribution in [-0.4, -0.2) is 79.0 Å². The summed E-state index contributed by atoms with van der Waals surface area (Å²) in [7, 11) is 4.09. The highest BCUT2D eigenvalue weighted by molar-refractivity contribution is 6.35. The Hall–Kier alpha value is -2.18. The second kappa shape index (κ2) is 9.31. The lowest BCUT2D eigenvalue weighted by atomic mass is 9.97. The van der Waals surface area contributed by atoms with Crippen molar-refractivity contribution in [1.82, 2.24) is 14.7 Å². The van der Waals surface area contributed by atoms with Gasteiger partial charge in [-0.25, -0.2) is 0 Å². The van der Waals surface area contributed by atoms with Crippen molar-refractivity contribution in [3.63, 3.8) is 0 Å². The zero-order chi connectivity index (χ0) is 22.0. The normalized spacial score (nSPS) is 18.8. The van der Waals surface area contributed by atoms with Crippen LogP contribution in [0.1, 0.15) is 43.4 Å². The van der Waals surface area contributed by atoms with Gasteiger partial charge >= 0.3 is 0 Å². The second-order valence-electron chi connectivity index (χ2n) is 8.85. The van der Waals surface area contributed by atoms with Crippen LogP contribution >= 0.6 is 0 Å². The number of hydrogen-bond donors (Lipinski definition) is 0. The average Bonchev–Trinajstić information content (AvgIpc) is 2.94. The van der Waals surface area contributed by atoms with Crippen molar-refractivity contribution >= 4 is 17.4 Å². The molecule has 0 aromatic heterocycles. The highest BCUT2D eigenvalue weighted by Gasteiger charge is 2.42. The smallest absolute Gasteiger partial charge is 0.277 e. The van der Waals surface area contributed by atoms with E-state index in [1.54, 1.807) is 0 Å². The molecule has 6 heteroatoms. The van der Waals surface area contributed by atoms with Crippen LogP contribution < -0.4 is 0 Å². The molecule has 1 fully saturated rings. The van der Waals surface area contributed by atoms with Gasteiger partial charge in [-0.3, -0.25) is 14.5 Å². The molecule has 2 aliphatic heterocycles. The number of aryl methyl sites for hydroxylation is 2. The topological polar surface area (TPSA) is 53.1 Å². The maximum atomic E-state index is 13.4. The summed E-state index contributed by atoms with van der Waals surface area (Å²) in [5, 5.41) is 0. The van der Waals surface area contributed by atoms with Crippen molar-refractivity contribution in [1.29, 1.82) is 0 Å². The first kappa shape index (κ1) is 22.5. The van der Waals surface area contributed by atoms with Gasteiger partial charge < -0.3 is 14.5 Å². The number of rotatable bonds is 7. The maximum Gasteiger partial charge on any atom is 0.277 e. The Bertz CT molecular complexity index is 838. The molecule has 0 atom stereocenters. The van der Waals surface area contributed by atoms with Crippen LogP contribution in [0, 0.1) is 13.8 Å². The fourth-order valence-electron chi connectivity index (χ4n) is 4.20. The van der Waals surface area contributed by atoms with Crippen molar-refractivity contribution in [2.75, 3.05) is 40.3 Å². The Morgan fingerprint density at radius 2 is 1.77 bits per heavy atom. The van der Waals surface area contributed by atoms with E-state index in [9.17, 15) is 9.59 Å². The van der Waals surface area contributed by atoms with Crippen molar-refractivity contribution in [2.24, 2.45) is 0 Å². The summed E-state index contributed by atoms with van der Waals surface area (Å²) in [5.74, 6) is -0.424. The summed E-state index contributed by atoms with van der Waals surface area (Å²) in [5.41, 5.74) is 4.15. The van der Waals surface area contributed by atoms with Gasteiger partial charge in [0.2, 0.25) is 0 Å². The molecule has 0 aliphatic carbocycles. The molecule has 6 nitrogen and oxygen atoms in total. The molecule has 0 bridgehead atoms. The van der Waals surface area contributed by atoms with E-state index in [1.165, 1.54) is 10.5 Å². The molecule has 3 rings (SSSR count). The van der Waals surface area contributed by atoms with E-state index in [0.29, 0.717) is 17.9 Å². The number of amides is 2. The molecule has 0 radical (unpaired) electrons. The summed E-state index contributed by atoms with van der Waals surface area (Å²) in [6.07, 6.45) is 2.02. The molecule has 1 aromatic rings. The number of likely N-dealkylation sites (tertiary alicyclic amines) is 1. The minimum atomic E-state index is -0.217. The van der Waals surface area contributed by atoms with E-state index in [2.05, 4.69) is 23.8 Å². The second-order valence-corrected chi connectivity index (χ2v) is 8.85. The Balaban J connectivity index is 1.96. The number of piperidine rings is 1. The minimum Gasteiger partial charge on any atom is -0.377 e.